The van der Waals surface area contributed by atoms with Crippen molar-refractivity contribution in [3.05, 3.63) is 15.9 Å². The van der Waals surface area contributed by atoms with Gasteiger partial charge in [0.25, 0.3) is 0 Å². The molecular weight excluding hydrogens is 294 g/mol. The van der Waals surface area contributed by atoms with E-state index in [0.717, 1.165) is 4.47 Å². The fraction of sp³-hybridized carbons (Fsp3) is 0.400. The molecule has 6 heteroatoms. The SMILES string of the molecule is CN(C(=O)C(C)(C)C(=O)O)c1cc(Br)cs1. The normalized spacial score (nSPS) is 11.2. The topological polar surface area (TPSA) is 57.6 Å². The van der Waals surface area contributed by atoms with Crippen molar-refractivity contribution in [1.82, 2.24) is 0 Å². The zero-order valence-corrected chi connectivity index (χ0v) is 11.6. The molecule has 1 heterocycles. The van der Waals surface area contributed by atoms with Crippen LogP contribution < -0.4 is 4.90 Å². The first-order chi connectivity index (χ1) is 7.26. The van der Waals surface area contributed by atoms with Crippen molar-refractivity contribution in [2.75, 3.05) is 11.9 Å². The average Bonchev–Trinajstić information content (AvgIpc) is 2.62. The lowest BCUT2D eigenvalue weighted by molar-refractivity contribution is -0.152. The lowest BCUT2D eigenvalue weighted by Gasteiger charge is -2.24. The lowest BCUT2D eigenvalue weighted by Crippen LogP contribution is -2.43. The van der Waals surface area contributed by atoms with Crippen molar-refractivity contribution in [1.29, 1.82) is 0 Å². The molecule has 1 aromatic heterocycles. The van der Waals surface area contributed by atoms with E-state index < -0.39 is 17.3 Å². The molecule has 0 saturated heterocycles. The van der Waals surface area contributed by atoms with Gasteiger partial charge >= 0.3 is 5.97 Å². The van der Waals surface area contributed by atoms with Gasteiger partial charge in [-0.3, -0.25) is 9.59 Å². The number of carboxylic acids is 1. The summed E-state index contributed by atoms with van der Waals surface area (Å²) in [4.78, 5) is 24.3. The van der Waals surface area contributed by atoms with Crippen molar-refractivity contribution < 1.29 is 14.7 Å². The highest BCUT2D eigenvalue weighted by Gasteiger charge is 2.38. The Bertz CT molecular complexity index is 427. The first-order valence-electron chi connectivity index (χ1n) is 4.52. The number of amides is 1. The van der Waals surface area contributed by atoms with Gasteiger partial charge in [0.1, 0.15) is 5.41 Å². The van der Waals surface area contributed by atoms with Crippen molar-refractivity contribution in [3.8, 4) is 0 Å². The molecule has 1 amide bonds. The highest BCUT2D eigenvalue weighted by atomic mass is 79.9. The summed E-state index contributed by atoms with van der Waals surface area (Å²) >= 11 is 4.66. The summed E-state index contributed by atoms with van der Waals surface area (Å²) in [6.45, 7) is 2.80. The maximum atomic E-state index is 12.0. The number of nitrogens with zero attached hydrogens (tertiary/aromatic N) is 1. The third-order valence-electron chi connectivity index (χ3n) is 2.26. The Hall–Kier alpha value is -0.880. The van der Waals surface area contributed by atoms with Crippen LogP contribution >= 0.6 is 27.3 Å². The predicted octanol–water partition coefficient (Wildman–Crippen LogP) is 2.58. The number of aliphatic carboxylic acids is 1. The Morgan fingerprint density at radius 1 is 1.50 bits per heavy atom. The average molecular weight is 306 g/mol. The molecule has 0 atom stereocenters. The molecule has 16 heavy (non-hydrogen) atoms. The van der Waals surface area contributed by atoms with E-state index in [4.69, 9.17) is 5.11 Å². The minimum absolute atomic E-state index is 0.436. The smallest absolute Gasteiger partial charge is 0.318 e. The van der Waals surface area contributed by atoms with Gasteiger partial charge in [-0.15, -0.1) is 11.3 Å². The van der Waals surface area contributed by atoms with Crippen LogP contribution in [-0.4, -0.2) is 24.0 Å². The quantitative estimate of drug-likeness (QED) is 0.873. The molecule has 0 aliphatic rings. The number of hydrogen-bond donors (Lipinski definition) is 1. The van der Waals surface area contributed by atoms with Crippen LogP contribution in [0.25, 0.3) is 0 Å². The van der Waals surface area contributed by atoms with Crippen LogP contribution in [0.3, 0.4) is 0 Å². The van der Waals surface area contributed by atoms with Gasteiger partial charge in [-0.1, -0.05) is 0 Å². The molecule has 0 saturated carbocycles. The molecule has 0 aliphatic carbocycles. The van der Waals surface area contributed by atoms with Crippen LogP contribution in [0.5, 0.6) is 0 Å². The van der Waals surface area contributed by atoms with Gasteiger partial charge in [-0.25, -0.2) is 0 Å². The molecule has 0 unspecified atom stereocenters. The van der Waals surface area contributed by atoms with Crippen LogP contribution in [0, 0.1) is 5.41 Å². The second-order valence-electron chi connectivity index (χ2n) is 3.90. The van der Waals surface area contributed by atoms with Crippen LogP contribution in [0.4, 0.5) is 5.00 Å². The van der Waals surface area contributed by atoms with E-state index >= 15 is 0 Å². The third kappa shape index (κ3) is 2.44. The summed E-state index contributed by atoms with van der Waals surface area (Å²) in [5.41, 5.74) is -1.41. The van der Waals surface area contributed by atoms with E-state index in [1.165, 1.54) is 30.1 Å². The molecule has 0 spiro atoms. The number of hydrogen-bond acceptors (Lipinski definition) is 3. The monoisotopic (exact) mass is 305 g/mol. The van der Waals surface area contributed by atoms with Crippen molar-refractivity contribution in [3.63, 3.8) is 0 Å². The molecule has 0 aliphatic heterocycles. The number of anilines is 1. The molecule has 0 bridgehead atoms. The Kier molecular flexibility index (Phi) is 3.75. The Labute approximate surface area is 106 Å². The number of carboxylic acid groups (broad SMARTS) is 1. The van der Waals surface area contributed by atoms with Crippen LogP contribution in [0.1, 0.15) is 13.8 Å². The molecular formula is C10H12BrNO3S. The molecule has 1 N–H and O–H groups in total. The fourth-order valence-corrected chi connectivity index (χ4v) is 2.48. The van der Waals surface area contributed by atoms with Gasteiger partial charge in [-0.2, -0.15) is 0 Å². The number of halogens is 1. The van der Waals surface area contributed by atoms with E-state index in [9.17, 15) is 9.59 Å². The number of rotatable bonds is 3. The largest absolute Gasteiger partial charge is 0.480 e. The first kappa shape index (κ1) is 13.2. The minimum Gasteiger partial charge on any atom is -0.480 e. The summed E-state index contributed by atoms with van der Waals surface area (Å²) < 4.78 is 0.875. The van der Waals surface area contributed by atoms with E-state index in [2.05, 4.69) is 15.9 Å². The highest BCUT2D eigenvalue weighted by Crippen LogP contribution is 2.30. The van der Waals surface area contributed by atoms with Gasteiger partial charge in [0.05, 0.1) is 5.00 Å². The van der Waals surface area contributed by atoms with Gasteiger partial charge in [-0.05, 0) is 35.8 Å². The number of carbonyl (C=O) groups is 2. The predicted molar refractivity (Wildman–Crippen MR) is 66.8 cm³/mol. The fourth-order valence-electron chi connectivity index (χ4n) is 1.09. The van der Waals surface area contributed by atoms with Gasteiger partial charge in [0.2, 0.25) is 5.91 Å². The van der Waals surface area contributed by atoms with Gasteiger partial charge in [0, 0.05) is 16.9 Å². The van der Waals surface area contributed by atoms with Crippen molar-refractivity contribution in [2.24, 2.45) is 5.41 Å². The Morgan fingerprint density at radius 3 is 2.44 bits per heavy atom. The maximum absolute atomic E-state index is 12.0. The summed E-state index contributed by atoms with van der Waals surface area (Å²) in [5.74, 6) is -1.56. The second kappa shape index (κ2) is 4.55. The van der Waals surface area contributed by atoms with E-state index in [0.29, 0.717) is 5.00 Å². The van der Waals surface area contributed by atoms with E-state index in [1.54, 1.807) is 13.1 Å². The summed E-state index contributed by atoms with van der Waals surface area (Å²) in [6.07, 6.45) is 0. The number of carbonyl (C=O) groups excluding carboxylic acids is 1. The molecule has 0 radical (unpaired) electrons. The number of thiophene rings is 1. The lowest BCUT2D eigenvalue weighted by atomic mass is 9.92. The summed E-state index contributed by atoms with van der Waals surface area (Å²) in [7, 11) is 1.57. The zero-order valence-electron chi connectivity index (χ0n) is 9.15. The maximum Gasteiger partial charge on any atom is 0.318 e. The molecule has 0 fully saturated rings. The second-order valence-corrected chi connectivity index (χ2v) is 5.70. The third-order valence-corrected chi connectivity index (χ3v) is 4.02. The molecule has 0 aromatic carbocycles. The zero-order chi connectivity index (χ0) is 12.5. The summed E-state index contributed by atoms with van der Waals surface area (Å²) in [6, 6.07) is 1.78. The van der Waals surface area contributed by atoms with Crippen molar-refractivity contribution in [2.45, 2.75) is 13.8 Å². The van der Waals surface area contributed by atoms with Crippen LogP contribution in [-0.2, 0) is 9.59 Å². The minimum atomic E-state index is -1.41. The van der Waals surface area contributed by atoms with E-state index in [-0.39, 0.29) is 0 Å². The Balaban J connectivity index is 2.95. The molecule has 1 aromatic rings. The van der Waals surface area contributed by atoms with Gasteiger partial charge in [0.15, 0.2) is 0 Å². The molecule has 1 rings (SSSR count). The molecule has 88 valence electrons. The van der Waals surface area contributed by atoms with Gasteiger partial charge < -0.3 is 10.0 Å². The van der Waals surface area contributed by atoms with Crippen LogP contribution in [0.2, 0.25) is 0 Å². The van der Waals surface area contributed by atoms with E-state index in [1.807, 2.05) is 5.38 Å². The van der Waals surface area contributed by atoms with Crippen molar-refractivity contribution >= 4 is 44.1 Å². The summed E-state index contributed by atoms with van der Waals surface area (Å²) in [5, 5.41) is 11.5. The highest BCUT2D eigenvalue weighted by molar-refractivity contribution is 9.10. The van der Waals surface area contributed by atoms with Crippen LogP contribution in [0.15, 0.2) is 15.9 Å². The molecule has 4 nitrogen and oxygen atoms in total. The Morgan fingerprint density at radius 2 is 2.06 bits per heavy atom. The first-order valence-corrected chi connectivity index (χ1v) is 6.19. The standard InChI is InChI=1S/C10H12BrNO3S/c1-10(2,9(14)15)8(13)12(3)7-4-6(11)5-16-7/h4-5H,1-3H3,(H,14,15).